The van der Waals surface area contributed by atoms with E-state index in [2.05, 4.69) is 15.0 Å². The molecule has 1 atom stereocenters. The average molecular weight is 403 g/mol. The van der Waals surface area contributed by atoms with Gasteiger partial charge in [0.25, 0.3) is 0 Å². The maximum atomic E-state index is 11.5. The zero-order valence-electron chi connectivity index (χ0n) is 14.9. The first kappa shape index (κ1) is 20.9. The Morgan fingerprint density at radius 1 is 1.21 bits per heavy atom. The minimum atomic E-state index is -1.26. The molecule has 146 valence electrons. The van der Waals surface area contributed by atoms with Crippen LogP contribution in [0.3, 0.4) is 0 Å². The molecule has 0 aliphatic heterocycles. The third-order valence-corrected chi connectivity index (χ3v) is 4.33. The van der Waals surface area contributed by atoms with Gasteiger partial charge in [-0.05, 0) is 29.4 Å². The van der Waals surface area contributed by atoms with E-state index in [-0.39, 0.29) is 0 Å². The Kier molecular flexibility index (Phi) is 7.13. The predicted molar refractivity (Wildman–Crippen MR) is 103 cm³/mol. The topological polar surface area (TPSA) is 148 Å². The molecule has 1 unspecified atom stereocenters. The minimum Gasteiger partial charge on any atom is -0.612 e. The van der Waals surface area contributed by atoms with Crippen molar-refractivity contribution < 1.29 is 29.1 Å². The van der Waals surface area contributed by atoms with Crippen LogP contribution in [0.15, 0.2) is 53.7 Å². The zero-order chi connectivity index (χ0) is 20.7. The number of carbonyl (C=O) groups is 2. The number of aliphatic carboxylic acids is 2. The number of aromatic amines is 1. The Morgan fingerprint density at radius 3 is 2.43 bits per heavy atom. The summed E-state index contributed by atoms with van der Waals surface area (Å²) in [6, 6.07) is 7.32. The summed E-state index contributed by atoms with van der Waals surface area (Å²) in [7, 11) is 1.59. The average Bonchev–Trinajstić information content (AvgIpc) is 3.10. The van der Waals surface area contributed by atoms with Crippen LogP contribution in [0, 0.1) is 0 Å². The van der Waals surface area contributed by atoms with Gasteiger partial charge in [0.05, 0.1) is 24.4 Å². The molecule has 0 saturated carbocycles. The van der Waals surface area contributed by atoms with E-state index in [0.717, 1.165) is 21.5 Å². The number of carboxylic acids is 2. The summed E-state index contributed by atoms with van der Waals surface area (Å²) in [4.78, 5) is 31.6. The van der Waals surface area contributed by atoms with Gasteiger partial charge in [0.1, 0.15) is 23.3 Å². The van der Waals surface area contributed by atoms with Crippen LogP contribution in [0.5, 0.6) is 5.75 Å². The molecule has 0 bridgehead atoms. The van der Waals surface area contributed by atoms with Crippen LogP contribution in [0.25, 0.3) is 22.4 Å². The predicted octanol–water partition coefficient (Wildman–Crippen LogP) is 2.08. The molecule has 0 aliphatic carbocycles. The number of hydrogen-bond donors (Lipinski definition) is 3. The number of H-pyrrole nitrogens is 1. The summed E-state index contributed by atoms with van der Waals surface area (Å²) >= 11 is -1.04. The molecule has 3 N–H and O–H groups in total. The number of aromatic nitrogens is 3. The van der Waals surface area contributed by atoms with E-state index in [0.29, 0.717) is 23.7 Å². The van der Waals surface area contributed by atoms with Gasteiger partial charge in [-0.2, -0.15) is 0 Å². The molecule has 10 heteroatoms. The van der Waals surface area contributed by atoms with Gasteiger partial charge in [0, 0.05) is 24.4 Å². The van der Waals surface area contributed by atoms with Crippen molar-refractivity contribution in [3.05, 3.63) is 48.8 Å². The molecule has 2 heterocycles. The molecule has 0 saturated heterocycles. The van der Waals surface area contributed by atoms with E-state index < -0.39 is 23.1 Å². The third-order valence-electron chi connectivity index (χ3n) is 3.41. The minimum absolute atomic E-state index is 0.558. The first-order valence-corrected chi connectivity index (χ1v) is 9.33. The first-order chi connectivity index (χ1) is 13.3. The SMILES string of the molecule is COc1cc([S+](C)[O-])ccc1-c1nc2cnccc2[nH]1.O=C(O)C=CC(=O)O. The van der Waals surface area contributed by atoms with E-state index in [1.54, 1.807) is 31.8 Å². The fourth-order valence-corrected chi connectivity index (χ4v) is 2.71. The maximum Gasteiger partial charge on any atom is 0.328 e. The lowest BCUT2D eigenvalue weighted by atomic mass is 10.2. The van der Waals surface area contributed by atoms with E-state index in [1.807, 2.05) is 18.2 Å². The molecular formula is C18H17N3O6S. The second kappa shape index (κ2) is 9.53. The third kappa shape index (κ3) is 5.56. The second-order valence-electron chi connectivity index (χ2n) is 5.30. The number of nitrogens with zero attached hydrogens (tertiary/aromatic N) is 2. The number of ether oxygens (including phenoxy) is 1. The molecule has 0 amide bonds. The highest BCUT2D eigenvalue weighted by Crippen LogP contribution is 2.31. The van der Waals surface area contributed by atoms with Crippen molar-refractivity contribution in [2.75, 3.05) is 13.4 Å². The van der Waals surface area contributed by atoms with Gasteiger partial charge < -0.3 is 24.5 Å². The molecule has 0 aliphatic rings. The van der Waals surface area contributed by atoms with Gasteiger partial charge in [-0.1, -0.05) is 0 Å². The number of methoxy groups -OCH3 is 1. The largest absolute Gasteiger partial charge is 0.612 e. The van der Waals surface area contributed by atoms with Crippen LogP contribution in [-0.4, -0.2) is 55.0 Å². The van der Waals surface area contributed by atoms with Gasteiger partial charge in [-0.15, -0.1) is 0 Å². The molecule has 1 aromatic carbocycles. The fourth-order valence-electron chi connectivity index (χ4n) is 2.17. The van der Waals surface area contributed by atoms with Crippen molar-refractivity contribution in [1.29, 1.82) is 0 Å². The molecule has 3 rings (SSSR count). The lowest BCUT2D eigenvalue weighted by molar-refractivity contribution is -0.134. The quantitative estimate of drug-likeness (QED) is 0.433. The van der Waals surface area contributed by atoms with Gasteiger partial charge >= 0.3 is 11.9 Å². The number of carboxylic acid groups (broad SMARTS) is 2. The fraction of sp³-hybridized carbons (Fsp3) is 0.111. The van der Waals surface area contributed by atoms with Crippen molar-refractivity contribution in [3.63, 3.8) is 0 Å². The smallest absolute Gasteiger partial charge is 0.328 e. The Hall–Kier alpha value is -3.37. The van der Waals surface area contributed by atoms with Crippen molar-refractivity contribution in [1.82, 2.24) is 15.0 Å². The van der Waals surface area contributed by atoms with Crippen LogP contribution in [0.4, 0.5) is 0 Å². The summed E-state index contributed by atoms with van der Waals surface area (Å²) in [6.07, 6.45) is 6.17. The van der Waals surface area contributed by atoms with Crippen molar-refractivity contribution >= 4 is 34.1 Å². The lowest BCUT2D eigenvalue weighted by Crippen LogP contribution is -1.99. The van der Waals surface area contributed by atoms with Crippen LogP contribution < -0.4 is 4.74 Å². The Morgan fingerprint density at radius 2 is 1.89 bits per heavy atom. The molecule has 9 nitrogen and oxygen atoms in total. The van der Waals surface area contributed by atoms with Crippen molar-refractivity contribution in [2.24, 2.45) is 0 Å². The Bertz CT molecular complexity index is 966. The van der Waals surface area contributed by atoms with E-state index >= 15 is 0 Å². The summed E-state index contributed by atoms with van der Waals surface area (Å²) in [5.74, 6) is -1.16. The Labute approximate surface area is 162 Å². The number of pyridine rings is 1. The number of nitrogens with one attached hydrogen (secondary N) is 1. The Balaban J connectivity index is 0.000000300. The second-order valence-corrected chi connectivity index (χ2v) is 6.68. The number of hydrogen-bond acceptors (Lipinski definition) is 6. The summed E-state index contributed by atoms with van der Waals surface area (Å²) in [5, 5.41) is 15.6. The van der Waals surface area contributed by atoms with E-state index in [9.17, 15) is 14.1 Å². The maximum absolute atomic E-state index is 11.5. The standard InChI is InChI=1S/C14H13N3O2S.C4H4O4/c1-19-13-7-9(20(2)18)3-4-10(13)14-16-11-5-6-15-8-12(11)17-14;5-3(6)1-2-4(7)8/h3-8H,1-2H3,(H,16,17);1-2H,(H,5,6)(H,7,8). The first-order valence-electron chi connectivity index (χ1n) is 7.77. The number of imidazole rings is 1. The molecule has 0 spiro atoms. The number of rotatable bonds is 5. The normalized spacial score (nSPS) is 11.7. The molecular weight excluding hydrogens is 386 g/mol. The van der Waals surface area contributed by atoms with E-state index in [1.165, 1.54) is 0 Å². The molecule has 2 aromatic heterocycles. The van der Waals surface area contributed by atoms with Crippen molar-refractivity contribution in [2.45, 2.75) is 4.90 Å². The van der Waals surface area contributed by atoms with Crippen molar-refractivity contribution in [3.8, 4) is 17.1 Å². The molecule has 3 aromatic rings. The molecule has 28 heavy (non-hydrogen) atoms. The van der Waals surface area contributed by atoms with Crippen LogP contribution in [0.2, 0.25) is 0 Å². The monoisotopic (exact) mass is 403 g/mol. The summed E-state index contributed by atoms with van der Waals surface area (Å²) < 4.78 is 16.9. The summed E-state index contributed by atoms with van der Waals surface area (Å²) in [6.45, 7) is 0. The zero-order valence-corrected chi connectivity index (χ0v) is 15.8. The van der Waals surface area contributed by atoms with Gasteiger partial charge in [-0.25, -0.2) is 14.6 Å². The van der Waals surface area contributed by atoms with Gasteiger partial charge in [0.15, 0.2) is 4.90 Å². The highest BCUT2D eigenvalue weighted by molar-refractivity contribution is 7.90. The highest BCUT2D eigenvalue weighted by atomic mass is 32.2. The number of fused-ring (bicyclic) bond motifs is 1. The highest BCUT2D eigenvalue weighted by Gasteiger charge is 2.14. The van der Waals surface area contributed by atoms with E-state index in [4.69, 9.17) is 14.9 Å². The molecule has 0 fully saturated rings. The van der Waals surface area contributed by atoms with Crippen LogP contribution in [-0.2, 0) is 20.8 Å². The van der Waals surface area contributed by atoms with Gasteiger partial charge in [-0.3, -0.25) is 4.98 Å². The lowest BCUT2D eigenvalue weighted by Gasteiger charge is -2.09. The number of benzene rings is 1. The molecule has 0 radical (unpaired) electrons. The summed E-state index contributed by atoms with van der Waals surface area (Å²) in [5.41, 5.74) is 2.55. The van der Waals surface area contributed by atoms with Gasteiger partial charge in [0.2, 0.25) is 0 Å². The van der Waals surface area contributed by atoms with Crippen LogP contribution in [0.1, 0.15) is 0 Å². The van der Waals surface area contributed by atoms with Crippen LogP contribution >= 0.6 is 0 Å².